The lowest BCUT2D eigenvalue weighted by atomic mass is 10.2. The Morgan fingerprint density at radius 3 is 2.64 bits per heavy atom. The topological polar surface area (TPSA) is 61.8 Å². The van der Waals surface area contributed by atoms with Crippen LogP contribution in [0.25, 0.3) is 0 Å². The maximum Gasteiger partial charge on any atom is 0.191 e. The summed E-state index contributed by atoms with van der Waals surface area (Å²) < 4.78 is 19.2. The number of ether oxygens (including phenoxy) is 1. The van der Waals surface area contributed by atoms with Gasteiger partial charge in [-0.25, -0.2) is 14.4 Å². The van der Waals surface area contributed by atoms with Crippen molar-refractivity contribution in [3.8, 4) is 0 Å². The van der Waals surface area contributed by atoms with E-state index in [0.717, 1.165) is 31.0 Å². The van der Waals surface area contributed by atoms with Gasteiger partial charge in [0.2, 0.25) is 0 Å². The molecular formula is C20H27FIN5O. The van der Waals surface area contributed by atoms with Crippen LogP contribution in [0.4, 0.5) is 10.2 Å². The molecule has 0 bridgehead atoms. The van der Waals surface area contributed by atoms with Crippen molar-refractivity contribution >= 4 is 35.8 Å². The summed E-state index contributed by atoms with van der Waals surface area (Å²) in [5.41, 5.74) is 1.67. The van der Waals surface area contributed by atoms with Crippen molar-refractivity contribution in [2.45, 2.75) is 20.0 Å². The fraction of sp³-hybridized carbons (Fsp3) is 0.400. The number of halogens is 2. The van der Waals surface area contributed by atoms with E-state index in [1.807, 2.05) is 25.1 Å². The van der Waals surface area contributed by atoms with E-state index in [1.54, 1.807) is 18.3 Å². The van der Waals surface area contributed by atoms with E-state index in [4.69, 9.17) is 4.74 Å². The highest BCUT2D eigenvalue weighted by atomic mass is 127. The molecule has 1 saturated heterocycles. The van der Waals surface area contributed by atoms with Crippen LogP contribution in [0.1, 0.15) is 18.1 Å². The van der Waals surface area contributed by atoms with Crippen molar-refractivity contribution in [3.63, 3.8) is 0 Å². The second kappa shape index (κ2) is 11.8. The molecule has 2 N–H and O–H groups in total. The van der Waals surface area contributed by atoms with Crippen LogP contribution in [0.3, 0.4) is 0 Å². The number of aromatic nitrogens is 1. The molecule has 28 heavy (non-hydrogen) atoms. The third-order valence-corrected chi connectivity index (χ3v) is 4.33. The summed E-state index contributed by atoms with van der Waals surface area (Å²) in [6.07, 6.45) is 1.81. The third-order valence-electron chi connectivity index (χ3n) is 4.33. The summed E-state index contributed by atoms with van der Waals surface area (Å²) in [6, 6.07) is 10.7. The fourth-order valence-electron chi connectivity index (χ4n) is 2.94. The molecule has 2 aromatic rings. The largest absolute Gasteiger partial charge is 0.378 e. The number of hydrogen-bond acceptors (Lipinski definition) is 4. The Labute approximate surface area is 182 Å². The minimum absolute atomic E-state index is 0. The average Bonchev–Trinajstić information content (AvgIpc) is 2.72. The quantitative estimate of drug-likeness (QED) is 0.364. The van der Waals surface area contributed by atoms with E-state index in [9.17, 15) is 4.39 Å². The van der Waals surface area contributed by atoms with Crippen LogP contribution >= 0.6 is 24.0 Å². The Balaban J connectivity index is 0.00000280. The van der Waals surface area contributed by atoms with Gasteiger partial charge < -0.3 is 20.3 Å². The number of rotatable bonds is 6. The summed E-state index contributed by atoms with van der Waals surface area (Å²) in [7, 11) is 0. The molecule has 1 aromatic heterocycles. The van der Waals surface area contributed by atoms with Crippen molar-refractivity contribution in [2.24, 2.45) is 4.99 Å². The number of pyridine rings is 1. The molecule has 0 spiro atoms. The molecule has 6 nitrogen and oxygen atoms in total. The Kier molecular flexibility index (Phi) is 9.42. The SMILES string of the molecule is CCNC(=NCc1cccnc1N1CCOCC1)NCc1ccccc1F.I. The zero-order chi connectivity index (χ0) is 18.9. The van der Waals surface area contributed by atoms with Crippen molar-refractivity contribution < 1.29 is 9.13 Å². The van der Waals surface area contributed by atoms with Crippen molar-refractivity contribution in [1.82, 2.24) is 15.6 Å². The molecule has 0 radical (unpaired) electrons. The van der Waals surface area contributed by atoms with E-state index in [1.165, 1.54) is 6.07 Å². The zero-order valence-corrected chi connectivity index (χ0v) is 18.4. The first-order valence-electron chi connectivity index (χ1n) is 9.30. The van der Waals surface area contributed by atoms with E-state index < -0.39 is 0 Å². The van der Waals surface area contributed by atoms with Crippen molar-refractivity contribution in [1.29, 1.82) is 0 Å². The van der Waals surface area contributed by atoms with Gasteiger partial charge in [0.15, 0.2) is 5.96 Å². The number of morpholine rings is 1. The molecule has 8 heteroatoms. The van der Waals surface area contributed by atoms with Gasteiger partial charge in [0.1, 0.15) is 11.6 Å². The lowest BCUT2D eigenvalue weighted by Crippen LogP contribution is -2.38. The summed E-state index contributed by atoms with van der Waals surface area (Å²) >= 11 is 0. The smallest absolute Gasteiger partial charge is 0.191 e. The predicted octanol–water partition coefficient (Wildman–Crippen LogP) is 2.93. The third kappa shape index (κ3) is 6.30. The fourth-order valence-corrected chi connectivity index (χ4v) is 2.94. The second-order valence-corrected chi connectivity index (χ2v) is 6.23. The molecule has 0 unspecified atom stereocenters. The van der Waals surface area contributed by atoms with Crippen LogP contribution in [0.15, 0.2) is 47.6 Å². The van der Waals surface area contributed by atoms with Gasteiger partial charge >= 0.3 is 0 Å². The van der Waals surface area contributed by atoms with Crippen molar-refractivity contribution in [3.05, 3.63) is 59.5 Å². The summed E-state index contributed by atoms with van der Waals surface area (Å²) in [6.45, 7) is 6.70. The monoisotopic (exact) mass is 499 g/mol. The molecule has 1 aliphatic heterocycles. The first-order chi connectivity index (χ1) is 13.3. The highest BCUT2D eigenvalue weighted by Gasteiger charge is 2.15. The van der Waals surface area contributed by atoms with Crippen molar-refractivity contribution in [2.75, 3.05) is 37.7 Å². The van der Waals surface area contributed by atoms with Gasteiger partial charge in [-0.2, -0.15) is 0 Å². The van der Waals surface area contributed by atoms with Gasteiger partial charge in [0, 0.05) is 43.5 Å². The summed E-state index contributed by atoms with van der Waals surface area (Å²) in [5.74, 6) is 1.38. The van der Waals surface area contributed by atoms with E-state index >= 15 is 0 Å². The predicted molar refractivity (Wildman–Crippen MR) is 121 cm³/mol. The normalized spacial score (nSPS) is 14.4. The standard InChI is InChI=1S/C20H26FN5O.HI/c1-2-22-20(24-14-16-6-3-4-8-18(16)21)25-15-17-7-5-9-23-19(17)26-10-12-27-13-11-26;/h3-9H,2,10-15H2,1H3,(H2,22,24,25);1H. The number of anilines is 1. The molecule has 1 aromatic carbocycles. The average molecular weight is 499 g/mol. The van der Waals surface area contributed by atoms with Gasteiger partial charge in [-0.15, -0.1) is 24.0 Å². The lowest BCUT2D eigenvalue weighted by molar-refractivity contribution is 0.122. The molecule has 0 aliphatic carbocycles. The number of aliphatic imine (C=N–C) groups is 1. The Hall–Kier alpha value is -1.94. The minimum Gasteiger partial charge on any atom is -0.378 e. The number of benzene rings is 1. The number of guanidine groups is 1. The van der Waals surface area contributed by atoms with Crippen LogP contribution in [0.2, 0.25) is 0 Å². The number of hydrogen-bond donors (Lipinski definition) is 2. The highest BCUT2D eigenvalue weighted by Crippen LogP contribution is 2.19. The molecule has 0 atom stereocenters. The zero-order valence-electron chi connectivity index (χ0n) is 16.0. The number of nitrogens with one attached hydrogen (secondary N) is 2. The molecule has 0 amide bonds. The number of nitrogens with zero attached hydrogens (tertiary/aromatic N) is 3. The van der Waals surface area contributed by atoms with E-state index in [2.05, 4.69) is 25.5 Å². The molecule has 1 aliphatic rings. The minimum atomic E-state index is -0.220. The van der Waals surface area contributed by atoms with Gasteiger partial charge in [0.05, 0.1) is 19.8 Å². The summed E-state index contributed by atoms with van der Waals surface area (Å²) in [4.78, 5) is 11.4. The lowest BCUT2D eigenvalue weighted by Gasteiger charge is -2.29. The van der Waals surface area contributed by atoms with Gasteiger partial charge in [-0.1, -0.05) is 24.3 Å². The highest BCUT2D eigenvalue weighted by molar-refractivity contribution is 14.0. The Morgan fingerprint density at radius 1 is 1.14 bits per heavy atom. The van der Waals surface area contributed by atoms with E-state index in [0.29, 0.717) is 37.8 Å². The van der Waals surface area contributed by atoms with Crippen LogP contribution < -0.4 is 15.5 Å². The summed E-state index contributed by atoms with van der Waals surface area (Å²) in [5, 5.41) is 6.40. The van der Waals surface area contributed by atoms with Gasteiger partial charge in [0.25, 0.3) is 0 Å². The van der Waals surface area contributed by atoms with Crippen LogP contribution in [0, 0.1) is 5.82 Å². The first kappa shape index (κ1) is 22.4. The van der Waals surface area contributed by atoms with E-state index in [-0.39, 0.29) is 29.8 Å². The molecule has 152 valence electrons. The molecule has 3 rings (SSSR count). The van der Waals surface area contributed by atoms with Crippen LogP contribution in [-0.4, -0.2) is 43.8 Å². The second-order valence-electron chi connectivity index (χ2n) is 6.23. The molecule has 2 heterocycles. The first-order valence-corrected chi connectivity index (χ1v) is 9.30. The Bertz CT molecular complexity index is 768. The van der Waals surface area contributed by atoms with Crippen LogP contribution in [0.5, 0.6) is 0 Å². The molecule has 0 saturated carbocycles. The maximum atomic E-state index is 13.8. The Morgan fingerprint density at radius 2 is 1.89 bits per heavy atom. The molecular weight excluding hydrogens is 472 g/mol. The van der Waals surface area contributed by atoms with Crippen LogP contribution in [-0.2, 0) is 17.8 Å². The van der Waals surface area contributed by atoms with Gasteiger partial charge in [-0.3, -0.25) is 0 Å². The van der Waals surface area contributed by atoms with Gasteiger partial charge in [-0.05, 0) is 19.1 Å². The maximum absolute atomic E-state index is 13.8. The molecule has 1 fully saturated rings.